The van der Waals surface area contributed by atoms with Gasteiger partial charge in [0.2, 0.25) is 11.8 Å². The zero-order chi connectivity index (χ0) is 18.5. The largest absolute Gasteiger partial charge is 0.491 e. The summed E-state index contributed by atoms with van der Waals surface area (Å²) in [5.74, 6) is 0.740. The first kappa shape index (κ1) is 18.5. The Morgan fingerprint density at radius 1 is 1.35 bits per heavy atom. The minimum atomic E-state index is -0.916. The molecule has 0 amide bonds. The van der Waals surface area contributed by atoms with Crippen molar-refractivity contribution in [2.24, 2.45) is 0 Å². The standard InChI is InChI=1S/C17H16BClN2O5/c1-2-23-5-6-24-16-11(9-20)8-15(19)17(21-16)26-13-3-4-14-12(7-13)10-25-18(14)22/h3-4,7-8,22H,2,5-6,10H2,1H3. The molecule has 0 bridgehead atoms. The molecule has 0 fully saturated rings. The molecule has 1 aromatic heterocycles. The first-order chi connectivity index (χ1) is 12.6. The summed E-state index contributed by atoms with van der Waals surface area (Å²) in [6, 6.07) is 8.59. The lowest BCUT2D eigenvalue weighted by molar-refractivity contribution is 0.108. The van der Waals surface area contributed by atoms with Crippen LogP contribution in [0, 0.1) is 11.3 Å². The molecule has 1 N–H and O–H groups in total. The lowest BCUT2D eigenvalue weighted by Gasteiger charge is -2.12. The van der Waals surface area contributed by atoms with Gasteiger partial charge in [-0.25, -0.2) is 0 Å². The maximum atomic E-state index is 9.67. The van der Waals surface area contributed by atoms with E-state index in [9.17, 15) is 10.3 Å². The molecule has 1 aliphatic heterocycles. The van der Waals surface area contributed by atoms with Crippen molar-refractivity contribution in [3.8, 4) is 23.6 Å². The second-order valence-corrected chi connectivity index (χ2v) is 5.82. The Bertz CT molecular complexity index is 843. The number of ether oxygens (including phenoxy) is 3. The summed E-state index contributed by atoms with van der Waals surface area (Å²) in [7, 11) is -0.916. The molecule has 0 aliphatic carbocycles. The number of hydrogen-bond donors (Lipinski definition) is 1. The first-order valence-electron chi connectivity index (χ1n) is 8.04. The SMILES string of the molecule is CCOCCOc1nc(Oc2ccc3c(c2)COB3O)c(Cl)cc1C#N. The Morgan fingerprint density at radius 2 is 2.19 bits per heavy atom. The van der Waals surface area contributed by atoms with E-state index < -0.39 is 7.12 Å². The highest BCUT2D eigenvalue weighted by Gasteiger charge is 2.27. The van der Waals surface area contributed by atoms with Crippen LogP contribution >= 0.6 is 11.6 Å². The van der Waals surface area contributed by atoms with Crippen LogP contribution in [0.4, 0.5) is 0 Å². The smallest absolute Gasteiger partial charge is 0.474 e. The molecule has 0 unspecified atom stereocenters. The predicted molar refractivity (Wildman–Crippen MR) is 94.9 cm³/mol. The van der Waals surface area contributed by atoms with Gasteiger partial charge in [0.25, 0.3) is 0 Å². The fourth-order valence-electron chi connectivity index (χ4n) is 2.44. The van der Waals surface area contributed by atoms with Gasteiger partial charge in [0.05, 0.1) is 13.2 Å². The lowest BCUT2D eigenvalue weighted by Crippen LogP contribution is -2.27. The summed E-state index contributed by atoms with van der Waals surface area (Å²) in [6.45, 7) is 3.40. The molecule has 9 heteroatoms. The van der Waals surface area contributed by atoms with Crippen molar-refractivity contribution in [1.82, 2.24) is 4.98 Å². The van der Waals surface area contributed by atoms with E-state index >= 15 is 0 Å². The number of pyridine rings is 1. The van der Waals surface area contributed by atoms with Gasteiger partial charge in [-0.3, -0.25) is 0 Å². The molecule has 7 nitrogen and oxygen atoms in total. The van der Waals surface area contributed by atoms with Crippen LogP contribution in [0.3, 0.4) is 0 Å². The Hall–Kier alpha value is -2.31. The van der Waals surface area contributed by atoms with E-state index in [0.717, 1.165) is 5.56 Å². The molecule has 0 saturated carbocycles. The summed E-state index contributed by atoms with van der Waals surface area (Å²) in [5.41, 5.74) is 1.74. The van der Waals surface area contributed by atoms with Crippen LogP contribution in [-0.2, 0) is 16.0 Å². The van der Waals surface area contributed by atoms with Gasteiger partial charge in [0.15, 0.2) is 0 Å². The zero-order valence-corrected chi connectivity index (χ0v) is 14.8. The van der Waals surface area contributed by atoms with Gasteiger partial charge in [0, 0.05) is 6.61 Å². The third-order valence-corrected chi connectivity index (χ3v) is 3.96. The number of aromatic nitrogens is 1. The lowest BCUT2D eigenvalue weighted by atomic mass is 9.80. The minimum Gasteiger partial charge on any atom is -0.474 e. The third-order valence-electron chi connectivity index (χ3n) is 3.69. The molecular formula is C17H16BClN2O5. The molecule has 1 aromatic carbocycles. The van der Waals surface area contributed by atoms with E-state index in [0.29, 0.717) is 31.0 Å². The Kier molecular flexibility index (Phi) is 5.96. The molecule has 1 aliphatic rings. The minimum absolute atomic E-state index is 0.122. The van der Waals surface area contributed by atoms with Gasteiger partial charge >= 0.3 is 7.12 Å². The highest BCUT2D eigenvalue weighted by molar-refractivity contribution is 6.61. The van der Waals surface area contributed by atoms with Crippen LogP contribution in [0.25, 0.3) is 0 Å². The second-order valence-electron chi connectivity index (χ2n) is 5.41. The van der Waals surface area contributed by atoms with Crippen molar-refractivity contribution in [3.63, 3.8) is 0 Å². The van der Waals surface area contributed by atoms with Crippen molar-refractivity contribution >= 4 is 24.2 Å². The highest BCUT2D eigenvalue weighted by atomic mass is 35.5. The molecule has 0 spiro atoms. The van der Waals surface area contributed by atoms with Crippen LogP contribution in [0.15, 0.2) is 24.3 Å². The quantitative estimate of drug-likeness (QED) is 0.585. The molecule has 3 rings (SSSR count). The number of nitrogens with zero attached hydrogens (tertiary/aromatic N) is 2. The second kappa shape index (κ2) is 8.38. The molecule has 2 aromatic rings. The predicted octanol–water partition coefficient (Wildman–Crippen LogP) is 2.03. The van der Waals surface area contributed by atoms with Crippen LogP contribution in [0.5, 0.6) is 17.5 Å². The maximum Gasteiger partial charge on any atom is 0.491 e. The van der Waals surface area contributed by atoms with Gasteiger partial charge in [0.1, 0.15) is 29.0 Å². The number of nitriles is 1. The normalized spacial score (nSPS) is 12.6. The van der Waals surface area contributed by atoms with E-state index in [1.165, 1.54) is 6.07 Å². The van der Waals surface area contributed by atoms with Gasteiger partial charge in [-0.2, -0.15) is 10.2 Å². The third kappa shape index (κ3) is 4.08. The van der Waals surface area contributed by atoms with Crippen molar-refractivity contribution in [3.05, 3.63) is 40.4 Å². The van der Waals surface area contributed by atoms with Crippen molar-refractivity contribution < 1.29 is 23.9 Å². The zero-order valence-electron chi connectivity index (χ0n) is 14.1. The fourth-order valence-corrected chi connectivity index (χ4v) is 2.63. The molecule has 0 saturated heterocycles. The van der Waals surface area contributed by atoms with Crippen LogP contribution in [0.1, 0.15) is 18.1 Å². The number of hydrogen-bond acceptors (Lipinski definition) is 7. The number of fused-ring (bicyclic) bond motifs is 1. The van der Waals surface area contributed by atoms with Gasteiger partial charge in [-0.05, 0) is 36.1 Å². The Morgan fingerprint density at radius 3 is 2.96 bits per heavy atom. The van der Waals surface area contributed by atoms with Crippen LogP contribution < -0.4 is 14.9 Å². The monoisotopic (exact) mass is 374 g/mol. The topological polar surface area (TPSA) is 93.8 Å². The van der Waals surface area contributed by atoms with Crippen molar-refractivity contribution in [1.29, 1.82) is 5.26 Å². The number of benzene rings is 1. The summed E-state index contributed by atoms with van der Waals surface area (Å²) >= 11 is 6.17. The van der Waals surface area contributed by atoms with Crippen molar-refractivity contribution in [2.75, 3.05) is 19.8 Å². The molecule has 26 heavy (non-hydrogen) atoms. The molecule has 134 valence electrons. The summed E-state index contributed by atoms with van der Waals surface area (Å²) in [6.07, 6.45) is 0. The van der Waals surface area contributed by atoms with E-state index in [1.807, 2.05) is 13.0 Å². The molecular weight excluding hydrogens is 358 g/mol. The van der Waals surface area contributed by atoms with E-state index in [4.69, 9.17) is 30.5 Å². The Balaban J connectivity index is 1.80. The average molecular weight is 375 g/mol. The van der Waals surface area contributed by atoms with Gasteiger partial charge in [-0.1, -0.05) is 17.7 Å². The summed E-state index contributed by atoms with van der Waals surface area (Å²) in [5, 5.41) is 19.1. The fraction of sp³-hybridized carbons (Fsp3) is 0.294. The van der Waals surface area contributed by atoms with Gasteiger partial charge in [-0.15, -0.1) is 0 Å². The average Bonchev–Trinajstić information content (AvgIpc) is 3.01. The maximum absolute atomic E-state index is 9.67. The summed E-state index contributed by atoms with van der Waals surface area (Å²) in [4.78, 5) is 4.21. The molecule has 0 radical (unpaired) electrons. The highest BCUT2D eigenvalue weighted by Crippen LogP contribution is 2.32. The summed E-state index contributed by atoms with van der Waals surface area (Å²) < 4.78 is 21.6. The van der Waals surface area contributed by atoms with E-state index in [2.05, 4.69) is 4.98 Å². The first-order valence-corrected chi connectivity index (χ1v) is 8.41. The van der Waals surface area contributed by atoms with E-state index in [1.54, 1.807) is 18.2 Å². The Labute approximate surface area is 156 Å². The van der Waals surface area contributed by atoms with Crippen LogP contribution in [0.2, 0.25) is 5.02 Å². The van der Waals surface area contributed by atoms with Crippen LogP contribution in [-0.4, -0.2) is 36.9 Å². The molecule has 2 heterocycles. The number of rotatable bonds is 7. The van der Waals surface area contributed by atoms with Crippen molar-refractivity contribution in [2.45, 2.75) is 13.5 Å². The molecule has 0 atom stereocenters. The number of halogens is 1. The van der Waals surface area contributed by atoms with Gasteiger partial charge < -0.3 is 23.9 Å². The van der Waals surface area contributed by atoms with E-state index in [-0.39, 0.29) is 29.0 Å².